The van der Waals surface area contributed by atoms with Gasteiger partial charge in [-0.3, -0.25) is 0 Å². The number of aromatic nitrogens is 3. The van der Waals surface area contributed by atoms with Crippen molar-refractivity contribution in [3.63, 3.8) is 0 Å². The van der Waals surface area contributed by atoms with Gasteiger partial charge in [-0.15, -0.1) is 0 Å². The summed E-state index contributed by atoms with van der Waals surface area (Å²) in [4.78, 5) is 11.5. The normalized spacial score (nSPS) is 21.3. The average Bonchev–Trinajstić information content (AvgIpc) is 2.55. The number of ether oxygens (including phenoxy) is 1. The van der Waals surface area contributed by atoms with Crippen molar-refractivity contribution in [2.45, 2.75) is 50.6 Å². The van der Waals surface area contributed by atoms with Crippen LogP contribution in [-0.4, -0.2) is 33.7 Å². The monoisotopic (exact) mass is 396 g/mol. The Bertz CT molecular complexity index is 780. The molecule has 26 heavy (non-hydrogen) atoms. The molecule has 11 heteroatoms. The first-order valence-electron chi connectivity index (χ1n) is 7.82. The van der Waals surface area contributed by atoms with Crippen molar-refractivity contribution in [1.82, 2.24) is 15.0 Å². The second kappa shape index (κ2) is 7.43. The standard InChI is InChI=1S/C15H14ClF5N4O/c16-12-9-5-23-14(25-11(9)10(6-22-12)15(19,20)21)24-7-1-3-8(4-2-7)26-13(17)18/h5-8,13H,1-4H2,(H,23,24,25). The van der Waals surface area contributed by atoms with Crippen LogP contribution >= 0.6 is 11.6 Å². The Hall–Kier alpha value is -1.81. The van der Waals surface area contributed by atoms with Gasteiger partial charge in [-0.05, 0) is 25.7 Å². The third-order valence-corrected chi connectivity index (χ3v) is 4.48. The molecule has 1 saturated carbocycles. The maximum atomic E-state index is 13.1. The third-order valence-electron chi connectivity index (χ3n) is 4.18. The minimum Gasteiger partial charge on any atom is -0.351 e. The highest BCUT2D eigenvalue weighted by atomic mass is 35.5. The van der Waals surface area contributed by atoms with Gasteiger partial charge < -0.3 is 10.1 Å². The van der Waals surface area contributed by atoms with Crippen molar-refractivity contribution in [2.75, 3.05) is 5.32 Å². The van der Waals surface area contributed by atoms with Crippen molar-refractivity contribution in [2.24, 2.45) is 0 Å². The van der Waals surface area contributed by atoms with E-state index < -0.39 is 24.5 Å². The number of nitrogens with zero attached hydrogens (tertiary/aromatic N) is 3. The number of nitrogens with one attached hydrogen (secondary N) is 1. The van der Waals surface area contributed by atoms with Crippen molar-refractivity contribution < 1.29 is 26.7 Å². The Morgan fingerprint density at radius 3 is 2.42 bits per heavy atom. The highest BCUT2D eigenvalue weighted by Crippen LogP contribution is 2.35. The van der Waals surface area contributed by atoms with Gasteiger partial charge in [0.05, 0.1) is 17.0 Å². The largest absolute Gasteiger partial charge is 0.419 e. The topological polar surface area (TPSA) is 59.9 Å². The van der Waals surface area contributed by atoms with Crippen LogP contribution in [0.25, 0.3) is 10.9 Å². The van der Waals surface area contributed by atoms with Gasteiger partial charge in [-0.2, -0.15) is 22.0 Å². The van der Waals surface area contributed by atoms with Crippen LogP contribution in [0, 0.1) is 0 Å². The predicted molar refractivity (Wildman–Crippen MR) is 84.1 cm³/mol. The minimum atomic E-state index is -4.63. The SMILES string of the molecule is FC(F)OC1CCC(Nc2ncc3c(Cl)ncc(C(F)(F)F)c3n2)CC1. The molecule has 0 saturated heterocycles. The zero-order chi connectivity index (χ0) is 18.9. The van der Waals surface area contributed by atoms with E-state index in [0.717, 1.165) is 0 Å². The molecule has 0 bridgehead atoms. The number of alkyl halides is 5. The number of hydrogen-bond acceptors (Lipinski definition) is 5. The summed E-state index contributed by atoms with van der Waals surface area (Å²) in [6.45, 7) is -2.81. The van der Waals surface area contributed by atoms with Gasteiger partial charge in [-0.1, -0.05) is 11.6 Å². The Balaban J connectivity index is 1.77. The molecule has 0 aliphatic heterocycles. The zero-order valence-corrected chi connectivity index (χ0v) is 14.0. The van der Waals surface area contributed by atoms with Gasteiger partial charge in [0.1, 0.15) is 10.7 Å². The molecule has 3 rings (SSSR count). The lowest BCUT2D eigenvalue weighted by Crippen LogP contribution is -2.31. The van der Waals surface area contributed by atoms with Gasteiger partial charge in [0.25, 0.3) is 0 Å². The van der Waals surface area contributed by atoms with Gasteiger partial charge >= 0.3 is 12.8 Å². The molecule has 142 valence electrons. The van der Waals surface area contributed by atoms with E-state index in [1.165, 1.54) is 6.20 Å². The van der Waals surface area contributed by atoms with Crippen LogP contribution in [0.4, 0.5) is 27.9 Å². The predicted octanol–water partition coefficient (Wildman–Crippen LogP) is 4.66. The third kappa shape index (κ3) is 4.29. The maximum absolute atomic E-state index is 13.1. The Morgan fingerprint density at radius 1 is 1.12 bits per heavy atom. The molecule has 2 heterocycles. The molecule has 1 fully saturated rings. The smallest absolute Gasteiger partial charge is 0.351 e. The molecule has 0 unspecified atom stereocenters. The van der Waals surface area contributed by atoms with Crippen LogP contribution in [-0.2, 0) is 10.9 Å². The van der Waals surface area contributed by atoms with E-state index in [4.69, 9.17) is 11.6 Å². The van der Waals surface area contributed by atoms with Crippen LogP contribution in [0.15, 0.2) is 12.4 Å². The van der Waals surface area contributed by atoms with Crippen LogP contribution in [0.1, 0.15) is 31.2 Å². The number of fused-ring (bicyclic) bond motifs is 1. The highest BCUT2D eigenvalue weighted by molar-refractivity contribution is 6.34. The summed E-state index contributed by atoms with van der Waals surface area (Å²) in [5.74, 6) is 0.0171. The minimum absolute atomic E-state index is 0.00100. The molecule has 1 aliphatic rings. The Morgan fingerprint density at radius 2 is 1.81 bits per heavy atom. The van der Waals surface area contributed by atoms with E-state index in [9.17, 15) is 22.0 Å². The van der Waals surface area contributed by atoms with Crippen LogP contribution in [0.5, 0.6) is 0 Å². The summed E-state index contributed by atoms with van der Waals surface area (Å²) in [6, 6.07) is -0.142. The van der Waals surface area contributed by atoms with Gasteiger partial charge in [0, 0.05) is 18.4 Å². The van der Waals surface area contributed by atoms with Gasteiger partial charge in [0.2, 0.25) is 5.95 Å². The van der Waals surface area contributed by atoms with Crippen molar-refractivity contribution in [3.05, 3.63) is 23.1 Å². The molecule has 0 radical (unpaired) electrons. The fourth-order valence-electron chi connectivity index (χ4n) is 2.94. The van der Waals surface area contributed by atoms with Crippen LogP contribution in [0.2, 0.25) is 5.15 Å². The zero-order valence-electron chi connectivity index (χ0n) is 13.2. The maximum Gasteiger partial charge on any atom is 0.419 e. The number of anilines is 1. The fourth-order valence-corrected chi connectivity index (χ4v) is 3.13. The molecular weight excluding hydrogens is 383 g/mol. The summed E-state index contributed by atoms with van der Waals surface area (Å²) in [7, 11) is 0. The molecule has 1 N–H and O–H groups in total. The first-order valence-corrected chi connectivity index (χ1v) is 8.20. The summed E-state index contributed by atoms with van der Waals surface area (Å²) >= 11 is 5.83. The molecule has 0 atom stereocenters. The quantitative estimate of drug-likeness (QED) is 0.601. The molecule has 0 spiro atoms. The lowest BCUT2D eigenvalue weighted by atomic mass is 9.93. The summed E-state index contributed by atoms with van der Waals surface area (Å²) in [6.07, 6.45) is -1.48. The number of pyridine rings is 1. The Labute approximate surface area is 149 Å². The van der Waals surface area contributed by atoms with Crippen molar-refractivity contribution >= 4 is 28.5 Å². The number of hydrogen-bond donors (Lipinski definition) is 1. The summed E-state index contributed by atoms with van der Waals surface area (Å²) < 4.78 is 68.3. The molecular formula is C15H14ClF5N4O. The lowest BCUT2D eigenvalue weighted by Gasteiger charge is -2.28. The molecule has 1 aliphatic carbocycles. The average molecular weight is 397 g/mol. The van der Waals surface area contributed by atoms with Crippen molar-refractivity contribution in [3.8, 4) is 0 Å². The van der Waals surface area contributed by atoms with E-state index >= 15 is 0 Å². The number of halogens is 6. The summed E-state index contributed by atoms with van der Waals surface area (Å²) in [5, 5.41) is 2.83. The first kappa shape index (κ1) is 19.0. The first-order chi connectivity index (χ1) is 12.2. The molecule has 2 aromatic heterocycles. The lowest BCUT2D eigenvalue weighted by molar-refractivity contribution is -0.169. The van der Waals surface area contributed by atoms with Gasteiger partial charge in [-0.25, -0.2) is 15.0 Å². The molecule has 0 amide bonds. The fraction of sp³-hybridized carbons (Fsp3) is 0.533. The summed E-state index contributed by atoms with van der Waals surface area (Å²) in [5.41, 5.74) is -1.35. The van der Waals surface area contributed by atoms with E-state index in [1.54, 1.807) is 0 Å². The molecule has 0 aromatic carbocycles. The number of rotatable bonds is 4. The van der Waals surface area contributed by atoms with Crippen molar-refractivity contribution in [1.29, 1.82) is 0 Å². The van der Waals surface area contributed by atoms with E-state index in [-0.39, 0.29) is 28.0 Å². The molecule has 2 aromatic rings. The second-order valence-corrected chi connectivity index (χ2v) is 6.29. The van der Waals surface area contributed by atoms with Crippen LogP contribution < -0.4 is 5.32 Å². The second-order valence-electron chi connectivity index (χ2n) is 5.93. The van der Waals surface area contributed by atoms with E-state index in [0.29, 0.717) is 31.9 Å². The van der Waals surface area contributed by atoms with E-state index in [1.807, 2.05) is 0 Å². The van der Waals surface area contributed by atoms with E-state index in [2.05, 4.69) is 25.0 Å². The van der Waals surface area contributed by atoms with Gasteiger partial charge in [0.15, 0.2) is 0 Å². The van der Waals surface area contributed by atoms with Crippen LogP contribution in [0.3, 0.4) is 0 Å². The Kier molecular flexibility index (Phi) is 5.42. The highest BCUT2D eigenvalue weighted by Gasteiger charge is 2.34. The molecule has 5 nitrogen and oxygen atoms in total.